The third kappa shape index (κ3) is 8.54. The number of benzene rings is 3. The van der Waals surface area contributed by atoms with E-state index in [0.29, 0.717) is 16.7 Å². The van der Waals surface area contributed by atoms with Gasteiger partial charge < -0.3 is 10.2 Å². The van der Waals surface area contributed by atoms with E-state index in [0.717, 1.165) is 16.1 Å². The van der Waals surface area contributed by atoms with E-state index < -0.39 is 40.2 Å². The summed E-state index contributed by atoms with van der Waals surface area (Å²) in [5.41, 5.74) is 2.66. The van der Waals surface area contributed by atoms with Crippen LogP contribution in [0, 0.1) is 5.82 Å². The number of hydrogen-bond acceptors (Lipinski definition) is 5. The van der Waals surface area contributed by atoms with Gasteiger partial charge in [0.1, 0.15) is 11.9 Å². The zero-order valence-corrected chi connectivity index (χ0v) is 23.4. The van der Waals surface area contributed by atoms with Gasteiger partial charge in [-0.3, -0.25) is 14.6 Å². The van der Waals surface area contributed by atoms with Gasteiger partial charge in [-0.1, -0.05) is 72.8 Å². The van der Waals surface area contributed by atoms with Crippen LogP contribution in [0.2, 0.25) is 0 Å². The molecule has 0 aliphatic heterocycles. The fourth-order valence-corrected chi connectivity index (χ4v) is 5.05. The van der Waals surface area contributed by atoms with Crippen LogP contribution in [0.25, 0.3) is 0 Å². The summed E-state index contributed by atoms with van der Waals surface area (Å²) >= 11 is 0. The molecule has 0 saturated heterocycles. The molecule has 0 spiro atoms. The lowest BCUT2D eigenvalue weighted by molar-refractivity contribution is -0.141. The molecule has 0 saturated carbocycles. The SMILES string of the molecule is CS(=O)(=O)N(CC(=O)N(Cc1ccc(F)cc1)C(C(=O)NCc1ccncc1)c1ccccc1)Cc1ccccc1. The van der Waals surface area contributed by atoms with Crippen LogP contribution in [0.5, 0.6) is 0 Å². The molecule has 1 unspecified atom stereocenters. The highest BCUT2D eigenvalue weighted by Crippen LogP contribution is 2.25. The molecule has 4 rings (SSSR count). The van der Waals surface area contributed by atoms with Crippen molar-refractivity contribution in [1.29, 1.82) is 0 Å². The van der Waals surface area contributed by atoms with Gasteiger partial charge in [0, 0.05) is 32.0 Å². The van der Waals surface area contributed by atoms with E-state index in [1.807, 2.05) is 6.07 Å². The van der Waals surface area contributed by atoms with Crippen LogP contribution in [0.15, 0.2) is 109 Å². The van der Waals surface area contributed by atoms with Crippen LogP contribution in [-0.2, 0) is 39.2 Å². The Bertz CT molecular complexity index is 1540. The minimum absolute atomic E-state index is 0.0138. The number of sulfonamides is 1. The van der Waals surface area contributed by atoms with Crippen molar-refractivity contribution in [3.05, 3.63) is 138 Å². The summed E-state index contributed by atoms with van der Waals surface area (Å²) in [5, 5.41) is 2.90. The van der Waals surface area contributed by atoms with Gasteiger partial charge in [-0.2, -0.15) is 4.31 Å². The van der Waals surface area contributed by atoms with E-state index in [-0.39, 0.29) is 19.6 Å². The first kappa shape index (κ1) is 29.6. The summed E-state index contributed by atoms with van der Waals surface area (Å²) < 4.78 is 40.3. The van der Waals surface area contributed by atoms with E-state index in [9.17, 15) is 22.4 Å². The number of rotatable bonds is 12. The van der Waals surface area contributed by atoms with E-state index in [4.69, 9.17) is 0 Å². The molecule has 212 valence electrons. The highest BCUT2D eigenvalue weighted by atomic mass is 32.2. The molecule has 8 nitrogen and oxygen atoms in total. The third-order valence-electron chi connectivity index (χ3n) is 6.46. The van der Waals surface area contributed by atoms with Crippen molar-refractivity contribution >= 4 is 21.8 Å². The van der Waals surface area contributed by atoms with E-state index in [2.05, 4.69) is 10.3 Å². The molecule has 0 fully saturated rings. The van der Waals surface area contributed by atoms with Crippen LogP contribution < -0.4 is 5.32 Å². The summed E-state index contributed by atoms with van der Waals surface area (Å²) in [7, 11) is -3.80. The second-order valence-electron chi connectivity index (χ2n) is 9.55. The van der Waals surface area contributed by atoms with Crippen molar-refractivity contribution in [3.63, 3.8) is 0 Å². The lowest BCUT2D eigenvalue weighted by Crippen LogP contribution is -2.47. The van der Waals surface area contributed by atoms with Crippen LogP contribution in [0.1, 0.15) is 28.3 Å². The summed E-state index contributed by atoms with van der Waals surface area (Å²) in [6.45, 7) is -0.354. The highest BCUT2D eigenvalue weighted by Gasteiger charge is 2.33. The van der Waals surface area contributed by atoms with E-state index in [1.165, 1.54) is 29.2 Å². The molecule has 2 amide bonds. The Balaban J connectivity index is 1.69. The molecule has 0 radical (unpaired) electrons. The molecule has 1 atom stereocenters. The predicted octanol–water partition coefficient (Wildman–Crippen LogP) is 4.07. The maximum Gasteiger partial charge on any atom is 0.247 e. The molecule has 10 heteroatoms. The van der Waals surface area contributed by atoms with Crippen molar-refractivity contribution in [1.82, 2.24) is 19.5 Å². The first-order valence-electron chi connectivity index (χ1n) is 13.0. The van der Waals surface area contributed by atoms with E-state index in [1.54, 1.807) is 79.1 Å². The fourth-order valence-electron chi connectivity index (χ4n) is 4.32. The molecule has 1 N–H and O–H groups in total. The van der Waals surface area contributed by atoms with Crippen molar-refractivity contribution in [2.75, 3.05) is 12.8 Å². The number of carbonyl (C=O) groups is 2. The lowest BCUT2D eigenvalue weighted by atomic mass is 10.0. The van der Waals surface area contributed by atoms with Gasteiger partial charge in [0.25, 0.3) is 0 Å². The summed E-state index contributed by atoms with van der Waals surface area (Å²) in [4.78, 5) is 33.1. The molecular weight excluding hydrogens is 543 g/mol. The van der Waals surface area contributed by atoms with Crippen molar-refractivity contribution in [2.45, 2.75) is 25.7 Å². The van der Waals surface area contributed by atoms with Gasteiger partial charge in [0.15, 0.2) is 0 Å². The average molecular weight is 575 g/mol. The second-order valence-corrected chi connectivity index (χ2v) is 11.5. The molecular formula is C31H31FN4O4S. The first-order chi connectivity index (χ1) is 19.7. The Hall–Kier alpha value is -4.41. The zero-order chi connectivity index (χ0) is 29.2. The molecule has 0 bridgehead atoms. The summed E-state index contributed by atoms with van der Waals surface area (Å²) in [5.74, 6) is -1.46. The van der Waals surface area contributed by atoms with Crippen molar-refractivity contribution < 1.29 is 22.4 Å². The first-order valence-corrected chi connectivity index (χ1v) is 14.8. The zero-order valence-electron chi connectivity index (χ0n) is 22.6. The minimum Gasteiger partial charge on any atom is -0.350 e. The van der Waals surface area contributed by atoms with Crippen molar-refractivity contribution in [3.8, 4) is 0 Å². The Morgan fingerprint density at radius 1 is 0.805 bits per heavy atom. The Kier molecular flexibility index (Phi) is 9.94. The molecule has 3 aromatic carbocycles. The van der Waals surface area contributed by atoms with Gasteiger partial charge in [0.2, 0.25) is 21.8 Å². The number of halogens is 1. The quantitative estimate of drug-likeness (QED) is 0.275. The van der Waals surface area contributed by atoms with Gasteiger partial charge in [-0.05, 0) is 46.5 Å². The Morgan fingerprint density at radius 3 is 2.00 bits per heavy atom. The molecule has 41 heavy (non-hydrogen) atoms. The molecule has 1 aromatic heterocycles. The van der Waals surface area contributed by atoms with Gasteiger partial charge in [-0.25, -0.2) is 12.8 Å². The number of nitrogens with one attached hydrogen (secondary N) is 1. The number of nitrogens with zero attached hydrogens (tertiary/aromatic N) is 3. The fraction of sp³-hybridized carbons (Fsp3) is 0.194. The third-order valence-corrected chi connectivity index (χ3v) is 7.66. The van der Waals surface area contributed by atoms with Crippen LogP contribution in [-0.4, -0.2) is 47.2 Å². The largest absolute Gasteiger partial charge is 0.350 e. The Morgan fingerprint density at radius 2 is 1.39 bits per heavy atom. The van der Waals surface area contributed by atoms with Crippen LogP contribution in [0.3, 0.4) is 0 Å². The van der Waals surface area contributed by atoms with E-state index >= 15 is 0 Å². The summed E-state index contributed by atoms with van der Waals surface area (Å²) in [6, 6.07) is 25.8. The molecule has 1 heterocycles. The number of aromatic nitrogens is 1. The Labute approximate surface area is 239 Å². The highest BCUT2D eigenvalue weighted by molar-refractivity contribution is 7.88. The number of pyridine rings is 1. The summed E-state index contributed by atoms with van der Waals surface area (Å²) in [6.07, 6.45) is 4.28. The number of carbonyl (C=O) groups excluding carboxylic acids is 2. The number of amides is 2. The second kappa shape index (κ2) is 13.8. The van der Waals surface area contributed by atoms with Gasteiger partial charge >= 0.3 is 0 Å². The lowest BCUT2D eigenvalue weighted by Gasteiger charge is -2.33. The molecule has 4 aromatic rings. The normalized spacial score (nSPS) is 12.1. The minimum atomic E-state index is -3.80. The van der Waals surface area contributed by atoms with Crippen molar-refractivity contribution in [2.24, 2.45) is 0 Å². The monoisotopic (exact) mass is 574 g/mol. The topological polar surface area (TPSA) is 99.7 Å². The van der Waals surface area contributed by atoms with Crippen LogP contribution >= 0.6 is 0 Å². The van der Waals surface area contributed by atoms with Gasteiger partial charge in [-0.15, -0.1) is 0 Å². The molecule has 0 aliphatic rings. The maximum absolute atomic E-state index is 14.0. The molecule has 0 aliphatic carbocycles. The smallest absolute Gasteiger partial charge is 0.247 e. The average Bonchev–Trinajstić information content (AvgIpc) is 2.97. The maximum atomic E-state index is 14.0. The number of hydrogen-bond donors (Lipinski definition) is 1. The van der Waals surface area contributed by atoms with Crippen LogP contribution in [0.4, 0.5) is 4.39 Å². The van der Waals surface area contributed by atoms with Gasteiger partial charge in [0.05, 0.1) is 12.8 Å². The predicted molar refractivity (Wildman–Crippen MR) is 154 cm³/mol. The standard InChI is InChI=1S/C31H31FN4O4S/c1-41(39,40)35(21-25-8-4-2-5-9-25)23-29(37)36(22-26-12-14-28(32)15-13-26)30(27-10-6-3-7-11-27)31(38)34-20-24-16-18-33-19-17-24/h2-19,30H,20-23H2,1H3,(H,34,38).